The first-order chi connectivity index (χ1) is 15.3. The maximum absolute atomic E-state index is 9.88. The zero-order valence-electron chi connectivity index (χ0n) is 18.6. The van der Waals surface area contributed by atoms with Crippen LogP contribution in [0.4, 0.5) is 0 Å². The average Bonchev–Trinajstić information content (AvgIpc) is 2.78. The lowest BCUT2D eigenvalue weighted by Crippen LogP contribution is -2.10. The van der Waals surface area contributed by atoms with Crippen molar-refractivity contribution in [3.63, 3.8) is 0 Å². The van der Waals surface area contributed by atoms with Crippen LogP contribution in [0.5, 0.6) is 11.5 Å². The van der Waals surface area contributed by atoms with Crippen LogP contribution in [0, 0.1) is 0 Å². The fourth-order valence-electron chi connectivity index (χ4n) is 4.52. The number of benzene rings is 5. The van der Waals surface area contributed by atoms with Crippen molar-refractivity contribution >= 4 is 21.5 Å². The second-order valence-electron chi connectivity index (χ2n) is 9.40. The highest BCUT2D eigenvalue weighted by molar-refractivity contribution is 6.21. The number of phenols is 2. The standard InChI is InChI=1S/C30H26O2/c1-30(2,3)21-12-17-26-27(18-21)29(20-10-15-23(32)16-11-20)25-7-5-4-6-24(25)28(26)19-8-13-22(31)14-9-19/h4-18,31-32H,1-3H3. The molecule has 0 spiro atoms. The van der Waals surface area contributed by atoms with Crippen LogP contribution in [0.1, 0.15) is 26.3 Å². The summed E-state index contributed by atoms with van der Waals surface area (Å²) < 4.78 is 0. The highest BCUT2D eigenvalue weighted by Gasteiger charge is 2.20. The Morgan fingerprint density at radius 3 is 1.41 bits per heavy atom. The van der Waals surface area contributed by atoms with Gasteiger partial charge in [0.15, 0.2) is 0 Å². The van der Waals surface area contributed by atoms with Crippen LogP contribution < -0.4 is 0 Å². The summed E-state index contributed by atoms with van der Waals surface area (Å²) in [6, 6.07) is 30.2. The molecule has 5 aromatic rings. The zero-order chi connectivity index (χ0) is 22.5. The number of fused-ring (bicyclic) bond motifs is 2. The molecule has 2 nitrogen and oxygen atoms in total. The summed E-state index contributed by atoms with van der Waals surface area (Å²) in [5.41, 5.74) is 5.78. The van der Waals surface area contributed by atoms with E-state index in [1.165, 1.54) is 32.8 Å². The molecule has 0 aromatic heterocycles. The van der Waals surface area contributed by atoms with Gasteiger partial charge in [0.25, 0.3) is 0 Å². The van der Waals surface area contributed by atoms with Crippen LogP contribution in [-0.4, -0.2) is 10.2 Å². The van der Waals surface area contributed by atoms with E-state index in [0.717, 1.165) is 16.5 Å². The van der Waals surface area contributed by atoms with Gasteiger partial charge in [0.05, 0.1) is 0 Å². The molecule has 0 heterocycles. The molecule has 32 heavy (non-hydrogen) atoms. The van der Waals surface area contributed by atoms with Gasteiger partial charge in [0.1, 0.15) is 11.5 Å². The first-order valence-corrected chi connectivity index (χ1v) is 10.9. The van der Waals surface area contributed by atoms with E-state index >= 15 is 0 Å². The third-order valence-electron chi connectivity index (χ3n) is 6.20. The molecule has 0 bridgehead atoms. The Balaban J connectivity index is 1.98. The molecular formula is C30H26O2. The molecule has 158 valence electrons. The Kier molecular flexibility index (Phi) is 4.67. The SMILES string of the molecule is CC(C)(C)c1ccc2c(-c3ccc(O)cc3)c3ccccc3c(-c3ccc(O)cc3)c2c1. The van der Waals surface area contributed by atoms with Crippen molar-refractivity contribution in [2.75, 3.05) is 0 Å². The van der Waals surface area contributed by atoms with Gasteiger partial charge in [-0.1, -0.05) is 81.4 Å². The average molecular weight is 419 g/mol. The largest absolute Gasteiger partial charge is 0.508 e. The van der Waals surface area contributed by atoms with Crippen molar-refractivity contribution in [1.82, 2.24) is 0 Å². The fourth-order valence-corrected chi connectivity index (χ4v) is 4.52. The van der Waals surface area contributed by atoms with Gasteiger partial charge in [-0.2, -0.15) is 0 Å². The summed E-state index contributed by atoms with van der Waals surface area (Å²) in [6.07, 6.45) is 0. The van der Waals surface area contributed by atoms with Crippen molar-refractivity contribution in [1.29, 1.82) is 0 Å². The third kappa shape index (κ3) is 3.38. The maximum Gasteiger partial charge on any atom is 0.115 e. The highest BCUT2D eigenvalue weighted by Crippen LogP contribution is 2.45. The number of hydrogen-bond donors (Lipinski definition) is 2. The molecule has 0 saturated carbocycles. The van der Waals surface area contributed by atoms with Crippen LogP contribution >= 0.6 is 0 Å². The minimum Gasteiger partial charge on any atom is -0.508 e. The van der Waals surface area contributed by atoms with Gasteiger partial charge in [0.2, 0.25) is 0 Å². The molecule has 5 aromatic carbocycles. The lowest BCUT2D eigenvalue weighted by atomic mass is 9.81. The van der Waals surface area contributed by atoms with Crippen LogP contribution in [-0.2, 0) is 5.41 Å². The number of rotatable bonds is 2. The van der Waals surface area contributed by atoms with Crippen molar-refractivity contribution < 1.29 is 10.2 Å². The summed E-state index contributed by atoms with van der Waals surface area (Å²) in [4.78, 5) is 0. The first kappa shape index (κ1) is 20.1. The van der Waals surface area contributed by atoms with Crippen LogP contribution in [0.3, 0.4) is 0 Å². The van der Waals surface area contributed by atoms with Crippen molar-refractivity contribution in [2.45, 2.75) is 26.2 Å². The van der Waals surface area contributed by atoms with E-state index in [1.807, 2.05) is 24.3 Å². The molecule has 2 N–H and O–H groups in total. The molecule has 0 amide bonds. The minimum atomic E-state index is 0.0186. The normalized spacial score (nSPS) is 11.8. The monoisotopic (exact) mass is 418 g/mol. The van der Waals surface area contributed by atoms with Crippen molar-refractivity contribution in [3.05, 3.63) is 96.6 Å². The predicted molar refractivity (Wildman–Crippen MR) is 134 cm³/mol. The Labute approximate surface area is 188 Å². The highest BCUT2D eigenvalue weighted by atomic mass is 16.3. The molecule has 5 rings (SSSR count). The van der Waals surface area contributed by atoms with Crippen LogP contribution in [0.2, 0.25) is 0 Å². The topological polar surface area (TPSA) is 40.5 Å². The van der Waals surface area contributed by atoms with Crippen LogP contribution in [0.25, 0.3) is 43.8 Å². The maximum atomic E-state index is 9.88. The van der Waals surface area contributed by atoms with Crippen molar-refractivity contribution in [3.8, 4) is 33.8 Å². The summed E-state index contributed by atoms with van der Waals surface area (Å²) in [7, 11) is 0. The Morgan fingerprint density at radius 2 is 0.938 bits per heavy atom. The molecule has 0 atom stereocenters. The van der Waals surface area contributed by atoms with E-state index in [1.54, 1.807) is 24.3 Å². The molecule has 0 fully saturated rings. The fraction of sp³-hybridized carbons (Fsp3) is 0.133. The Hall–Kier alpha value is -3.78. The van der Waals surface area contributed by atoms with Gasteiger partial charge >= 0.3 is 0 Å². The lowest BCUT2D eigenvalue weighted by molar-refractivity contribution is 0.475. The third-order valence-corrected chi connectivity index (χ3v) is 6.20. The first-order valence-electron chi connectivity index (χ1n) is 10.9. The van der Waals surface area contributed by atoms with E-state index in [-0.39, 0.29) is 16.9 Å². The van der Waals surface area contributed by atoms with Gasteiger partial charge in [0, 0.05) is 0 Å². The molecule has 0 aliphatic carbocycles. The second kappa shape index (κ2) is 7.42. The van der Waals surface area contributed by atoms with E-state index in [2.05, 4.69) is 63.2 Å². The molecule has 0 aliphatic heterocycles. The lowest BCUT2D eigenvalue weighted by Gasteiger charge is -2.23. The summed E-state index contributed by atoms with van der Waals surface area (Å²) in [5.74, 6) is 0.525. The van der Waals surface area contributed by atoms with E-state index in [4.69, 9.17) is 0 Å². The van der Waals surface area contributed by atoms with Gasteiger partial charge in [-0.05, 0) is 85.1 Å². The molecule has 0 aliphatic rings. The summed E-state index contributed by atoms with van der Waals surface area (Å²) in [5, 5.41) is 24.4. The van der Waals surface area contributed by atoms with E-state index in [9.17, 15) is 10.2 Å². The molecule has 0 radical (unpaired) electrons. The van der Waals surface area contributed by atoms with Gasteiger partial charge in [-0.3, -0.25) is 0 Å². The summed E-state index contributed by atoms with van der Waals surface area (Å²) >= 11 is 0. The van der Waals surface area contributed by atoms with Crippen molar-refractivity contribution in [2.24, 2.45) is 0 Å². The van der Waals surface area contributed by atoms with Gasteiger partial charge in [-0.15, -0.1) is 0 Å². The Bertz CT molecular complexity index is 1440. The molecular weight excluding hydrogens is 392 g/mol. The zero-order valence-corrected chi connectivity index (χ0v) is 18.6. The van der Waals surface area contributed by atoms with Gasteiger partial charge in [-0.25, -0.2) is 0 Å². The van der Waals surface area contributed by atoms with E-state index < -0.39 is 0 Å². The smallest absolute Gasteiger partial charge is 0.115 e. The molecule has 0 saturated heterocycles. The number of hydrogen-bond acceptors (Lipinski definition) is 2. The summed E-state index contributed by atoms with van der Waals surface area (Å²) in [6.45, 7) is 6.70. The number of aromatic hydroxyl groups is 2. The number of phenolic OH excluding ortho intramolecular Hbond substituents is 2. The molecule has 0 unspecified atom stereocenters. The quantitative estimate of drug-likeness (QED) is 0.285. The van der Waals surface area contributed by atoms with Crippen LogP contribution in [0.15, 0.2) is 91.0 Å². The predicted octanol–water partition coefficient (Wildman–Crippen LogP) is 8.04. The van der Waals surface area contributed by atoms with E-state index in [0.29, 0.717) is 0 Å². The Morgan fingerprint density at radius 1 is 0.500 bits per heavy atom. The second-order valence-corrected chi connectivity index (χ2v) is 9.40. The molecule has 2 heteroatoms. The van der Waals surface area contributed by atoms with Gasteiger partial charge < -0.3 is 10.2 Å². The minimum absolute atomic E-state index is 0.0186.